The van der Waals surface area contributed by atoms with Crippen LogP contribution in [-0.4, -0.2) is 56.2 Å². The summed E-state index contributed by atoms with van der Waals surface area (Å²) in [4.78, 5) is 11.0. The van der Waals surface area contributed by atoms with Crippen molar-refractivity contribution in [2.75, 3.05) is 32.9 Å². The van der Waals surface area contributed by atoms with Crippen molar-refractivity contribution in [1.29, 1.82) is 0 Å². The van der Waals surface area contributed by atoms with Crippen LogP contribution in [0.1, 0.15) is 12.8 Å². The smallest absolute Gasteiger partial charge is 0.160 e. The molecule has 0 fully saturated rings. The van der Waals surface area contributed by atoms with Crippen LogP contribution in [0.2, 0.25) is 0 Å². The average molecular weight is 249 g/mol. The lowest BCUT2D eigenvalue weighted by atomic mass is 10.2. The zero-order chi connectivity index (χ0) is 12.8. The normalized spacial score (nSPS) is 12.4. The number of hydrogen-bond donors (Lipinski definition) is 0. The predicted octanol–water partition coefficient (Wildman–Crippen LogP) is 0.143. The molecule has 5 nitrogen and oxygen atoms in total. The molecule has 0 radical (unpaired) electrons. The summed E-state index contributed by atoms with van der Waals surface area (Å²) in [5.74, 6) is -0.368. The number of carbonyl (C=O) groups excluding carboxylic acids is 1. The summed E-state index contributed by atoms with van der Waals surface area (Å²) in [6.07, 6.45) is 1.99. The Balaban J connectivity index is 3.96. The first-order chi connectivity index (χ1) is 7.16. The summed E-state index contributed by atoms with van der Waals surface area (Å²) in [5.41, 5.74) is 0. The third-order valence-electron chi connectivity index (χ3n) is 2.35. The Hall–Kier alpha value is -0.720. The van der Waals surface area contributed by atoms with Crippen LogP contribution < -0.4 is 0 Å². The molecular weight excluding hydrogens is 230 g/mol. The van der Waals surface area contributed by atoms with Gasteiger partial charge in [-0.15, -0.1) is 0 Å². The Morgan fingerprint density at radius 1 is 1.38 bits per heavy atom. The number of carbonyl (C=O) groups is 1. The van der Waals surface area contributed by atoms with Crippen molar-refractivity contribution in [1.82, 2.24) is 0 Å². The summed E-state index contributed by atoms with van der Waals surface area (Å²) >= 11 is 0. The minimum atomic E-state index is -4.13. The molecule has 0 aliphatic heterocycles. The van der Waals surface area contributed by atoms with Crippen LogP contribution in [0.3, 0.4) is 0 Å². The molecule has 0 aromatic heterocycles. The number of quaternary nitrogens is 1. The van der Waals surface area contributed by atoms with E-state index in [1.807, 2.05) is 14.1 Å². The summed E-state index contributed by atoms with van der Waals surface area (Å²) < 4.78 is 31.7. The van der Waals surface area contributed by atoms with Gasteiger partial charge in [-0.2, -0.15) is 0 Å². The van der Waals surface area contributed by atoms with E-state index in [9.17, 15) is 17.8 Å². The Kier molecular flexibility index (Phi) is 5.85. The van der Waals surface area contributed by atoms with Crippen LogP contribution in [0.5, 0.6) is 0 Å². The monoisotopic (exact) mass is 249 g/mol. The van der Waals surface area contributed by atoms with E-state index in [2.05, 4.69) is 6.58 Å². The third kappa shape index (κ3) is 8.58. The Morgan fingerprint density at radius 3 is 2.38 bits per heavy atom. The van der Waals surface area contributed by atoms with Gasteiger partial charge in [0, 0.05) is 12.2 Å². The number of rotatable bonds is 8. The maximum atomic E-state index is 11.0. The van der Waals surface area contributed by atoms with Crippen LogP contribution in [0.25, 0.3) is 0 Å². The number of allylic oxidation sites excluding steroid dienone is 1. The van der Waals surface area contributed by atoms with E-state index in [0.717, 1.165) is 0 Å². The molecule has 0 spiro atoms. The maximum absolute atomic E-state index is 11.0. The lowest BCUT2D eigenvalue weighted by Gasteiger charge is -2.29. The number of ketones is 1. The Bertz CT molecular complexity index is 346. The van der Waals surface area contributed by atoms with E-state index in [1.54, 1.807) is 0 Å². The third-order valence-corrected chi connectivity index (χ3v) is 3.14. The maximum Gasteiger partial charge on any atom is 0.160 e. The highest BCUT2D eigenvalue weighted by Crippen LogP contribution is 2.03. The molecule has 0 amide bonds. The second kappa shape index (κ2) is 6.12. The molecule has 16 heavy (non-hydrogen) atoms. The summed E-state index contributed by atoms with van der Waals surface area (Å²) in [7, 11) is -0.332. The van der Waals surface area contributed by atoms with Gasteiger partial charge in [-0.25, -0.2) is 8.42 Å². The zero-order valence-electron chi connectivity index (χ0n) is 9.81. The molecule has 0 atom stereocenters. The first kappa shape index (κ1) is 15.3. The molecule has 0 aromatic carbocycles. The molecule has 0 saturated heterocycles. The molecule has 0 aliphatic carbocycles. The molecule has 0 unspecified atom stereocenters. The lowest BCUT2D eigenvalue weighted by molar-refractivity contribution is -0.889. The van der Waals surface area contributed by atoms with Crippen molar-refractivity contribution in [3.05, 3.63) is 12.7 Å². The molecule has 0 aromatic rings. The minimum Gasteiger partial charge on any atom is -0.748 e. The minimum absolute atomic E-state index is 0.0253. The summed E-state index contributed by atoms with van der Waals surface area (Å²) in [5, 5.41) is 0. The van der Waals surface area contributed by atoms with Gasteiger partial charge in [0.25, 0.3) is 0 Å². The van der Waals surface area contributed by atoms with Gasteiger partial charge in [0.05, 0.1) is 43.7 Å². The van der Waals surface area contributed by atoms with Crippen molar-refractivity contribution in [3.63, 3.8) is 0 Å². The van der Waals surface area contributed by atoms with Crippen molar-refractivity contribution in [2.24, 2.45) is 0 Å². The van der Waals surface area contributed by atoms with Crippen molar-refractivity contribution in [2.45, 2.75) is 12.8 Å². The molecule has 6 heteroatoms. The lowest BCUT2D eigenvalue weighted by Crippen LogP contribution is -2.42. The van der Waals surface area contributed by atoms with Gasteiger partial charge in [-0.3, -0.25) is 4.79 Å². The fourth-order valence-electron chi connectivity index (χ4n) is 1.30. The fraction of sp³-hybridized carbons (Fsp3) is 0.700. The molecule has 0 heterocycles. The first-order valence-corrected chi connectivity index (χ1v) is 6.65. The van der Waals surface area contributed by atoms with Crippen LogP contribution in [0.4, 0.5) is 0 Å². The molecular formula is C10H19NO4S. The Labute approximate surface area is 97.1 Å². The molecule has 94 valence electrons. The van der Waals surface area contributed by atoms with E-state index >= 15 is 0 Å². The van der Waals surface area contributed by atoms with Crippen LogP contribution in [0, 0.1) is 0 Å². The fourth-order valence-corrected chi connectivity index (χ4v) is 1.78. The van der Waals surface area contributed by atoms with Gasteiger partial charge in [-0.1, -0.05) is 6.58 Å². The number of hydrogen-bond acceptors (Lipinski definition) is 4. The molecule has 0 aliphatic rings. The summed E-state index contributed by atoms with van der Waals surface area (Å²) in [6, 6.07) is 0. The predicted molar refractivity (Wildman–Crippen MR) is 60.8 cm³/mol. The van der Waals surface area contributed by atoms with Crippen LogP contribution in [-0.2, 0) is 14.9 Å². The first-order valence-electron chi connectivity index (χ1n) is 5.07. The second-order valence-corrected chi connectivity index (χ2v) is 5.94. The van der Waals surface area contributed by atoms with Crippen molar-refractivity contribution in [3.8, 4) is 0 Å². The van der Waals surface area contributed by atoms with Gasteiger partial charge in [0.1, 0.15) is 0 Å². The van der Waals surface area contributed by atoms with Crippen molar-refractivity contribution < 1.29 is 22.2 Å². The van der Waals surface area contributed by atoms with Gasteiger partial charge in [0.2, 0.25) is 0 Å². The van der Waals surface area contributed by atoms with Gasteiger partial charge in [-0.05, 0) is 6.08 Å². The SMILES string of the molecule is C=CC(=O)CC[N+](C)(C)CCCS(=O)(=O)[O-]. The van der Waals surface area contributed by atoms with E-state index in [1.165, 1.54) is 6.08 Å². The molecule has 0 saturated carbocycles. The molecule has 0 rings (SSSR count). The second-order valence-electron chi connectivity index (χ2n) is 4.42. The van der Waals surface area contributed by atoms with Gasteiger partial charge >= 0.3 is 0 Å². The van der Waals surface area contributed by atoms with E-state index in [0.29, 0.717) is 30.4 Å². The highest BCUT2D eigenvalue weighted by molar-refractivity contribution is 7.85. The van der Waals surface area contributed by atoms with E-state index in [4.69, 9.17) is 0 Å². The number of nitrogens with zero attached hydrogens (tertiary/aromatic N) is 1. The van der Waals surface area contributed by atoms with Crippen LogP contribution >= 0.6 is 0 Å². The molecule has 0 N–H and O–H groups in total. The van der Waals surface area contributed by atoms with Gasteiger partial charge < -0.3 is 9.04 Å². The standard InChI is InChI=1S/C10H19NO4S/c1-4-10(12)6-8-11(2,3)7-5-9-16(13,14)15/h4H,1,5-9H2,2-3H3. The Morgan fingerprint density at radius 2 is 1.94 bits per heavy atom. The summed E-state index contributed by atoms with van der Waals surface area (Å²) in [6.45, 7) is 4.55. The van der Waals surface area contributed by atoms with Crippen LogP contribution in [0.15, 0.2) is 12.7 Å². The zero-order valence-corrected chi connectivity index (χ0v) is 10.6. The average Bonchev–Trinajstić information content (AvgIpc) is 2.12. The molecule has 0 bridgehead atoms. The quantitative estimate of drug-likeness (QED) is 0.348. The highest BCUT2D eigenvalue weighted by Gasteiger charge is 2.16. The topological polar surface area (TPSA) is 74.3 Å². The van der Waals surface area contributed by atoms with E-state index < -0.39 is 10.1 Å². The van der Waals surface area contributed by atoms with E-state index in [-0.39, 0.29) is 11.5 Å². The van der Waals surface area contributed by atoms with Crippen molar-refractivity contribution >= 4 is 15.9 Å². The largest absolute Gasteiger partial charge is 0.748 e. The highest BCUT2D eigenvalue weighted by atomic mass is 32.2. The van der Waals surface area contributed by atoms with Gasteiger partial charge in [0.15, 0.2) is 5.78 Å².